The van der Waals surface area contributed by atoms with Gasteiger partial charge >= 0.3 is 12.4 Å². The molecule has 0 saturated heterocycles. The van der Waals surface area contributed by atoms with Crippen LogP contribution in [0.2, 0.25) is 0 Å². The minimum Gasteiger partial charge on any atom is -0.456 e. The number of anilines is 1. The van der Waals surface area contributed by atoms with Gasteiger partial charge in [0.05, 0.1) is 0 Å². The molecular formula is C21H18F6N2O. The Morgan fingerprint density at radius 3 is 2.13 bits per heavy atom. The number of aromatic nitrogens is 1. The van der Waals surface area contributed by atoms with Crippen molar-refractivity contribution < 1.29 is 31.1 Å². The number of halogens is 6. The summed E-state index contributed by atoms with van der Waals surface area (Å²) in [6, 6.07) is 5.29. The number of fused-ring (bicyclic) bond motifs is 1. The van der Waals surface area contributed by atoms with Gasteiger partial charge in [-0.25, -0.2) is 0 Å². The summed E-state index contributed by atoms with van der Waals surface area (Å²) in [5.41, 5.74) is 3.14. The maximum atomic E-state index is 13.4. The molecule has 1 saturated carbocycles. The molecule has 30 heavy (non-hydrogen) atoms. The summed E-state index contributed by atoms with van der Waals surface area (Å²) in [6.45, 7) is 0. The summed E-state index contributed by atoms with van der Waals surface area (Å²) >= 11 is 0. The van der Waals surface area contributed by atoms with Crippen molar-refractivity contribution in [1.82, 2.24) is 4.98 Å². The highest BCUT2D eigenvalue weighted by molar-refractivity contribution is 5.84. The van der Waals surface area contributed by atoms with Crippen molar-refractivity contribution in [3.05, 3.63) is 53.2 Å². The van der Waals surface area contributed by atoms with Crippen LogP contribution in [0.1, 0.15) is 36.0 Å². The smallest absolute Gasteiger partial charge is 0.420 e. The molecule has 0 aliphatic heterocycles. The molecule has 0 bridgehead atoms. The lowest BCUT2D eigenvalue weighted by Gasteiger charge is -2.24. The van der Waals surface area contributed by atoms with Crippen LogP contribution in [0, 0.1) is 5.92 Å². The van der Waals surface area contributed by atoms with E-state index in [2.05, 4.69) is 4.98 Å². The Balaban J connectivity index is 1.73. The van der Waals surface area contributed by atoms with Crippen molar-refractivity contribution in [3.63, 3.8) is 0 Å². The van der Waals surface area contributed by atoms with E-state index >= 15 is 0 Å². The number of benzene rings is 2. The van der Waals surface area contributed by atoms with Gasteiger partial charge in [0.2, 0.25) is 0 Å². The Morgan fingerprint density at radius 2 is 1.60 bits per heavy atom. The molecule has 0 radical (unpaired) electrons. The third kappa shape index (κ3) is 3.93. The second-order valence-corrected chi connectivity index (χ2v) is 7.57. The molecule has 1 fully saturated rings. The van der Waals surface area contributed by atoms with Gasteiger partial charge in [0.15, 0.2) is 5.75 Å². The van der Waals surface area contributed by atoms with Crippen LogP contribution in [0.5, 0.6) is 11.5 Å². The largest absolute Gasteiger partial charge is 0.456 e. The summed E-state index contributed by atoms with van der Waals surface area (Å²) in [5, 5.41) is 0.874. The number of hydrogen-bond donors (Lipinski definition) is 2. The number of rotatable bonds is 4. The van der Waals surface area contributed by atoms with Gasteiger partial charge < -0.3 is 15.5 Å². The van der Waals surface area contributed by atoms with Crippen molar-refractivity contribution in [2.24, 2.45) is 5.92 Å². The van der Waals surface area contributed by atoms with Gasteiger partial charge in [0.1, 0.15) is 16.9 Å². The molecule has 0 atom stereocenters. The molecule has 1 aliphatic rings. The van der Waals surface area contributed by atoms with E-state index in [1.54, 1.807) is 6.07 Å². The fourth-order valence-electron chi connectivity index (χ4n) is 3.71. The fourth-order valence-corrected chi connectivity index (χ4v) is 3.71. The van der Waals surface area contributed by atoms with Crippen LogP contribution in [0.25, 0.3) is 10.9 Å². The molecule has 0 spiro atoms. The van der Waals surface area contributed by atoms with Crippen molar-refractivity contribution in [3.8, 4) is 11.5 Å². The SMILES string of the molecule is Nc1cc(C(F)(F)F)c(Oc2ccc3c(CC4CCC4)c[nH]c3c2)c(C(F)(F)F)c1. The molecule has 160 valence electrons. The lowest BCUT2D eigenvalue weighted by molar-refractivity contribution is -0.144. The minimum atomic E-state index is -5.07. The van der Waals surface area contributed by atoms with E-state index in [-0.39, 0.29) is 5.75 Å². The first-order valence-electron chi connectivity index (χ1n) is 9.38. The molecule has 1 aromatic heterocycles. The van der Waals surface area contributed by atoms with Crippen molar-refractivity contribution >= 4 is 16.6 Å². The number of alkyl halides is 6. The topological polar surface area (TPSA) is 51.0 Å². The molecule has 3 nitrogen and oxygen atoms in total. The van der Waals surface area contributed by atoms with Crippen LogP contribution >= 0.6 is 0 Å². The second kappa shape index (κ2) is 7.14. The molecular weight excluding hydrogens is 410 g/mol. The highest BCUT2D eigenvalue weighted by Gasteiger charge is 2.43. The Bertz CT molecular complexity index is 1040. The molecule has 3 aromatic rings. The summed E-state index contributed by atoms with van der Waals surface area (Å²) in [7, 11) is 0. The van der Waals surface area contributed by atoms with Crippen LogP contribution in [0.4, 0.5) is 32.0 Å². The maximum absolute atomic E-state index is 13.4. The van der Waals surface area contributed by atoms with Crippen LogP contribution in [-0.4, -0.2) is 4.98 Å². The lowest BCUT2D eigenvalue weighted by atomic mass is 9.81. The van der Waals surface area contributed by atoms with Gasteiger partial charge in [0.25, 0.3) is 0 Å². The van der Waals surface area contributed by atoms with Crippen LogP contribution in [-0.2, 0) is 18.8 Å². The minimum absolute atomic E-state index is 0.139. The summed E-state index contributed by atoms with van der Waals surface area (Å²) in [5.74, 6) is -0.844. The molecule has 0 unspecified atom stereocenters. The van der Waals surface area contributed by atoms with Gasteiger partial charge in [-0.15, -0.1) is 0 Å². The van der Waals surface area contributed by atoms with Crippen LogP contribution < -0.4 is 10.5 Å². The van der Waals surface area contributed by atoms with Crippen LogP contribution in [0.3, 0.4) is 0 Å². The second-order valence-electron chi connectivity index (χ2n) is 7.57. The van der Waals surface area contributed by atoms with E-state index in [1.165, 1.54) is 18.6 Å². The van der Waals surface area contributed by atoms with E-state index in [4.69, 9.17) is 10.5 Å². The number of aromatic amines is 1. The number of hydrogen-bond acceptors (Lipinski definition) is 2. The Labute approximate surface area is 167 Å². The Kier molecular flexibility index (Phi) is 4.86. The molecule has 1 aliphatic carbocycles. The first-order valence-corrected chi connectivity index (χ1v) is 9.38. The molecule has 0 amide bonds. The van der Waals surface area contributed by atoms with Gasteiger partial charge in [-0.1, -0.05) is 19.3 Å². The molecule has 4 rings (SSSR count). The number of nitrogens with two attached hydrogens (primary N) is 1. The standard InChI is InChI=1S/C21H18F6N2O/c22-20(23,24)16-7-13(28)8-17(21(25,26)27)19(16)30-14-4-5-15-12(6-11-2-1-3-11)10-29-18(15)9-14/h4-5,7-11,29H,1-3,6,28H2. The predicted molar refractivity (Wildman–Crippen MR) is 100 cm³/mol. The Morgan fingerprint density at radius 1 is 0.967 bits per heavy atom. The molecule has 2 aromatic carbocycles. The van der Waals surface area contributed by atoms with Crippen molar-refractivity contribution in [2.75, 3.05) is 5.73 Å². The van der Waals surface area contributed by atoms with E-state index in [9.17, 15) is 26.3 Å². The summed E-state index contributed by atoms with van der Waals surface area (Å²) < 4.78 is 85.6. The maximum Gasteiger partial charge on any atom is 0.420 e. The van der Waals surface area contributed by atoms with E-state index in [0.29, 0.717) is 23.6 Å². The summed E-state index contributed by atoms with van der Waals surface area (Å²) in [4.78, 5) is 3.02. The molecule has 1 heterocycles. The van der Waals surface area contributed by atoms with E-state index in [1.807, 2.05) is 6.20 Å². The highest BCUT2D eigenvalue weighted by atomic mass is 19.4. The third-order valence-corrected chi connectivity index (χ3v) is 5.41. The number of nitrogens with one attached hydrogen (secondary N) is 1. The zero-order valence-electron chi connectivity index (χ0n) is 15.6. The van der Waals surface area contributed by atoms with Gasteiger partial charge in [-0.3, -0.25) is 0 Å². The fraction of sp³-hybridized carbons (Fsp3) is 0.333. The Hall–Kier alpha value is -2.84. The van der Waals surface area contributed by atoms with Crippen molar-refractivity contribution in [2.45, 2.75) is 38.0 Å². The average molecular weight is 428 g/mol. The number of nitrogen functional groups attached to an aromatic ring is 1. The first-order chi connectivity index (χ1) is 14.0. The molecule has 9 heteroatoms. The average Bonchev–Trinajstić information content (AvgIpc) is 2.99. The van der Waals surface area contributed by atoms with Crippen LogP contribution in [0.15, 0.2) is 36.5 Å². The first kappa shape index (κ1) is 20.4. The molecule has 3 N–H and O–H groups in total. The van der Waals surface area contributed by atoms with Gasteiger partial charge in [0, 0.05) is 28.9 Å². The van der Waals surface area contributed by atoms with Gasteiger partial charge in [-0.05, 0) is 42.2 Å². The normalized spacial score (nSPS) is 15.4. The van der Waals surface area contributed by atoms with Gasteiger partial charge in [-0.2, -0.15) is 26.3 Å². The van der Waals surface area contributed by atoms with E-state index in [0.717, 1.165) is 30.2 Å². The monoisotopic (exact) mass is 428 g/mol. The predicted octanol–water partition coefficient (Wildman–Crippen LogP) is 6.92. The number of ether oxygens (including phenoxy) is 1. The summed E-state index contributed by atoms with van der Waals surface area (Å²) in [6.07, 6.45) is -3.92. The highest BCUT2D eigenvalue weighted by Crippen LogP contribution is 2.47. The zero-order valence-corrected chi connectivity index (χ0v) is 15.6. The van der Waals surface area contributed by atoms with Crippen molar-refractivity contribution in [1.29, 1.82) is 0 Å². The quantitative estimate of drug-likeness (QED) is 0.350. The lowest BCUT2D eigenvalue weighted by Crippen LogP contribution is -2.15. The third-order valence-electron chi connectivity index (χ3n) is 5.41. The van der Waals surface area contributed by atoms with E-state index < -0.39 is 34.9 Å². The zero-order chi connectivity index (χ0) is 21.7. The number of H-pyrrole nitrogens is 1.